The summed E-state index contributed by atoms with van der Waals surface area (Å²) in [7, 11) is 0. The van der Waals surface area contributed by atoms with Gasteiger partial charge in [0.2, 0.25) is 11.8 Å². The van der Waals surface area contributed by atoms with E-state index in [1.165, 1.54) is 161 Å². The number of amides is 3. The van der Waals surface area contributed by atoms with Crippen LogP contribution in [0.25, 0.3) is 0 Å². The molecular formula is C48H87N3O4. The number of unbranched alkanes of at least 4 members (excludes halogenated alkanes) is 28. The Morgan fingerprint density at radius 3 is 1.36 bits per heavy atom. The molecule has 55 heavy (non-hydrogen) atoms. The average molecular weight is 770 g/mol. The summed E-state index contributed by atoms with van der Waals surface area (Å²) in [5.41, 5.74) is 0.945. The van der Waals surface area contributed by atoms with Crippen molar-refractivity contribution in [3.05, 3.63) is 35.9 Å². The maximum Gasteiger partial charge on any atom is 0.407 e. The average Bonchev–Trinajstić information content (AvgIpc) is 3.19. The van der Waals surface area contributed by atoms with Crippen LogP contribution in [0.5, 0.6) is 0 Å². The molecule has 0 saturated carbocycles. The van der Waals surface area contributed by atoms with Crippen LogP contribution in [-0.2, 0) is 20.9 Å². The van der Waals surface area contributed by atoms with Crippen molar-refractivity contribution in [1.29, 1.82) is 0 Å². The summed E-state index contributed by atoms with van der Waals surface area (Å²) in [6.07, 6.45) is 39.8. The largest absolute Gasteiger partial charge is 0.445 e. The van der Waals surface area contributed by atoms with Gasteiger partial charge in [0.25, 0.3) is 0 Å². The lowest BCUT2D eigenvalue weighted by molar-refractivity contribution is -0.129. The first-order chi connectivity index (χ1) is 27.1. The van der Waals surface area contributed by atoms with Gasteiger partial charge in [-0.05, 0) is 37.7 Å². The van der Waals surface area contributed by atoms with Crippen LogP contribution in [0.3, 0.4) is 0 Å². The van der Waals surface area contributed by atoms with Gasteiger partial charge in [0, 0.05) is 19.5 Å². The molecule has 1 aromatic carbocycles. The predicted molar refractivity (Wildman–Crippen MR) is 233 cm³/mol. The predicted octanol–water partition coefficient (Wildman–Crippen LogP) is 13.4. The minimum absolute atomic E-state index is 0.0336. The Labute approximate surface area is 339 Å². The first kappa shape index (κ1) is 50.4. The molecule has 0 aromatic heterocycles. The number of alkyl carbamates (subject to hydrolysis) is 1. The second-order valence-electron chi connectivity index (χ2n) is 16.2. The van der Waals surface area contributed by atoms with Gasteiger partial charge >= 0.3 is 6.09 Å². The van der Waals surface area contributed by atoms with Gasteiger partial charge in [-0.2, -0.15) is 0 Å². The van der Waals surface area contributed by atoms with Crippen LogP contribution in [0.15, 0.2) is 30.3 Å². The molecule has 3 amide bonds. The number of nitrogens with one attached hydrogen (secondary N) is 3. The topological polar surface area (TPSA) is 96.5 Å². The summed E-state index contributed by atoms with van der Waals surface area (Å²) in [6.45, 7) is 5.89. The highest BCUT2D eigenvalue weighted by atomic mass is 16.5. The lowest BCUT2D eigenvalue weighted by Gasteiger charge is -2.19. The first-order valence-corrected chi connectivity index (χ1v) is 23.6. The van der Waals surface area contributed by atoms with Crippen LogP contribution < -0.4 is 16.0 Å². The smallest absolute Gasteiger partial charge is 0.407 e. The molecule has 1 rings (SSSR count). The first-order valence-electron chi connectivity index (χ1n) is 23.6. The quantitative estimate of drug-likeness (QED) is 0.0579. The fourth-order valence-corrected chi connectivity index (χ4v) is 7.28. The molecular weight excluding hydrogens is 683 g/mol. The number of hydrogen-bond acceptors (Lipinski definition) is 4. The van der Waals surface area contributed by atoms with Gasteiger partial charge in [0.1, 0.15) is 12.6 Å². The zero-order valence-electron chi connectivity index (χ0n) is 36.1. The fraction of sp³-hybridized carbons (Fsp3) is 0.812. The van der Waals surface area contributed by atoms with Gasteiger partial charge in [0.05, 0.1) is 0 Å². The molecule has 0 aliphatic carbocycles. The van der Waals surface area contributed by atoms with E-state index in [0.717, 1.165) is 37.7 Å². The normalized spacial score (nSPS) is 11.7. The molecule has 0 spiro atoms. The maximum atomic E-state index is 13.2. The van der Waals surface area contributed by atoms with Crippen molar-refractivity contribution in [3.8, 4) is 0 Å². The van der Waals surface area contributed by atoms with Crippen molar-refractivity contribution >= 4 is 17.9 Å². The number of carbonyl (C=O) groups is 3. The summed E-state index contributed by atoms with van der Waals surface area (Å²) >= 11 is 0. The molecule has 3 N–H and O–H groups in total. The molecule has 0 fully saturated rings. The van der Waals surface area contributed by atoms with E-state index >= 15 is 0 Å². The molecule has 1 aromatic rings. The lowest BCUT2D eigenvalue weighted by atomic mass is 10.0. The molecule has 7 heteroatoms. The Kier molecular flexibility index (Phi) is 36.4. The van der Waals surface area contributed by atoms with E-state index in [1.807, 2.05) is 30.3 Å². The van der Waals surface area contributed by atoms with E-state index in [1.54, 1.807) is 0 Å². The minimum atomic E-state index is -0.541. The number of benzene rings is 1. The van der Waals surface area contributed by atoms with Gasteiger partial charge in [-0.3, -0.25) is 9.59 Å². The van der Waals surface area contributed by atoms with Crippen LogP contribution >= 0.6 is 0 Å². The van der Waals surface area contributed by atoms with Gasteiger partial charge in [-0.15, -0.1) is 0 Å². The SMILES string of the molecule is CCCCCCCCCCCCCCCCCCCCCC(=O)N[C@@H](CCCCNC(=O)OCc1ccccc1)C(=O)NCCCCCCCCCCCC. The third-order valence-corrected chi connectivity index (χ3v) is 10.9. The van der Waals surface area contributed by atoms with Gasteiger partial charge in [-0.25, -0.2) is 4.79 Å². The van der Waals surface area contributed by atoms with Crippen LogP contribution in [-0.4, -0.2) is 37.0 Å². The number of rotatable bonds is 40. The maximum absolute atomic E-state index is 13.2. The van der Waals surface area contributed by atoms with E-state index in [0.29, 0.717) is 32.4 Å². The third kappa shape index (κ3) is 34.4. The molecule has 0 bridgehead atoms. The monoisotopic (exact) mass is 770 g/mol. The van der Waals surface area contributed by atoms with E-state index in [4.69, 9.17) is 4.74 Å². The van der Waals surface area contributed by atoms with Crippen molar-refractivity contribution in [3.63, 3.8) is 0 Å². The third-order valence-electron chi connectivity index (χ3n) is 10.9. The summed E-state index contributed by atoms with van der Waals surface area (Å²) in [6, 6.07) is 9.07. The fourth-order valence-electron chi connectivity index (χ4n) is 7.28. The Balaban J connectivity index is 2.21. The lowest BCUT2D eigenvalue weighted by Crippen LogP contribution is -2.47. The molecule has 0 heterocycles. The number of hydrogen-bond donors (Lipinski definition) is 3. The van der Waals surface area contributed by atoms with E-state index in [9.17, 15) is 14.4 Å². The zero-order valence-corrected chi connectivity index (χ0v) is 36.1. The van der Waals surface area contributed by atoms with E-state index < -0.39 is 12.1 Å². The van der Waals surface area contributed by atoms with Crippen LogP contribution in [0.1, 0.15) is 231 Å². The van der Waals surface area contributed by atoms with Crippen molar-refractivity contribution in [1.82, 2.24) is 16.0 Å². The highest BCUT2D eigenvalue weighted by Crippen LogP contribution is 2.15. The summed E-state index contributed by atoms with van der Waals surface area (Å²) in [5.74, 6) is -0.124. The molecule has 0 saturated heterocycles. The van der Waals surface area contributed by atoms with Crippen LogP contribution in [0, 0.1) is 0 Å². The Hall–Kier alpha value is -2.57. The Bertz CT molecular complexity index is 1000. The second kappa shape index (κ2) is 39.7. The molecule has 0 aliphatic rings. The standard InChI is InChI=1S/C48H87N3O4/c1-3-5-7-9-11-13-15-16-17-18-19-20-21-22-23-24-26-28-33-40-46(52)51-45(47(53)49-41-35-29-27-25-14-12-10-8-6-4-2)39-34-36-42-50-48(54)55-43-44-37-31-30-32-38-44/h30-32,37-38,45H,3-29,33-36,39-43H2,1-2H3,(H,49,53)(H,50,54)(H,51,52)/t45-/m0/s1. The highest BCUT2D eigenvalue weighted by Gasteiger charge is 2.20. The zero-order chi connectivity index (χ0) is 39.7. The summed E-state index contributed by atoms with van der Waals surface area (Å²) in [5, 5.41) is 8.93. The number of carbonyl (C=O) groups excluding carboxylic acids is 3. The van der Waals surface area contributed by atoms with E-state index in [2.05, 4.69) is 29.8 Å². The van der Waals surface area contributed by atoms with Gasteiger partial charge < -0.3 is 20.7 Å². The van der Waals surface area contributed by atoms with Crippen molar-refractivity contribution in [2.45, 2.75) is 238 Å². The Morgan fingerprint density at radius 1 is 0.491 bits per heavy atom. The summed E-state index contributed by atoms with van der Waals surface area (Å²) < 4.78 is 5.29. The molecule has 318 valence electrons. The molecule has 0 aliphatic heterocycles. The van der Waals surface area contributed by atoms with Gasteiger partial charge in [-0.1, -0.05) is 218 Å². The van der Waals surface area contributed by atoms with Crippen molar-refractivity contribution in [2.24, 2.45) is 0 Å². The van der Waals surface area contributed by atoms with E-state index in [-0.39, 0.29) is 18.4 Å². The molecule has 0 unspecified atom stereocenters. The molecule has 0 radical (unpaired) electrons. The van der Waals surface area contributed by atoms with Crippen LogP contribution in [0.2, 0.25) is 0 Å². The number of ether oxygens (including phenoxy) is 1. The van der Waals surface area contributed by atoms with Gasteiger partial charge in [0.15, 0.2) is 0 Å². The minimum Gasteiger partial charge on any atom is -0.445 e. The Morgan fingerprint density at radius 2 is 0.891 bits per heavy atom. The highest BCUT2D eigenvalue weighted by molar-refractivity contribution is 5.87. The van der Waals surface area contributed by atoms with Crippen molar-refractivity contribution in [2.75, 3.05) is 13.1 Å². The molecule has 7 nitrogen and oxygen atoms in total. The van der Waals surface area contributed by atoms with Crippen LogP contribution in [0.4, 0.5) is 4.79 Å². The summed E-state index contributed by atoms with van der Waals surface area (Å²) in [4.78, 5) is 38.2. The second-order valence-corrected chi connectivity index (χ2v) is 16.2. The molecule has 1 atom stereocenters. The van der Waals surface area contributed by atoms with Crippen molar-refractivity contribution < 1.29 is 19.1 Å².